The van der Waals surface area contributed by atoms with Crippen LogP contribution in [0.1, 0.15) is 17.7 Å². The van der Waals surface area contributed by atoms with Gasteiger partial charge in [-0.25, -0.2) is 0 Å². The molecule has 0 unspecified atom stereocenters. The number of nitrogens with zero attached hydrogens (tertiary/aromatic N) is 1. The highest BCUT2D eigenvalue weighted by molar-refractivity contribution is 5.92. The van der Waals surface area contributed by atoms with E-state index in [1.54, 1.807) is 12.0 Å². The zero-order valence-corrected chi connectivity index (χ0v) is 13.3. The molecule has 2 aromatic rings. The minimum atomic E-state index is -0.585. The van der Waals surface area contributed by atoms with Gasteiger partial charge in [0, 0.05) is 36.7 Å². The van der Waals surface area contributed by atoms with Gasteiger partial charge in [-0.3, -0.25) is 9.59 Å². The molecule has 0 radical (unpaired) electrons. The number of nitrogens with one attached hydrogen (secondary N) is 1. The van der Waals surface area contributed by atoms with Crippen molar-refractivity contribution in [2.75, 3.05) is 13.7 Å². The lowest BCUT2D eigenvalue weighted by molar-refractivity contribution is -0.136. The topological polar surface area (TPSA) is 88.4 Å². The molecule has 23 heavy (non-hydrogen) atoms. The Morgan fingerprint density at radius 1 is 1.39 bits per heavy atom. The number of carbonyl (C=O) groups excluding carboxylic acids is 2. The number of aromatic amines is 1. The minimum Gasteiger partial charge on any atom is -0.380 e. The van der Waals surface area contributed by atoms with Gasteiger partial charge in [-0.15, -0.1) is 0 Å². The minimum absolute atomic E-state index is 0.0961. The number of methoxy groups -OCH3 is 1. The van der Waals surface area contributed by atoms with E-state index >= 15 is 0 Å². The molecule has 2 heterocycles. The molecular formula is C17H21N3O3. The number of carbonyl (C=O) groups is 2. The molecule has 0 spiro atoms. The molecule has 0 bridgehead atoms. The standard InChI is InChI=1S/C17H21N3O3/c1-10-13(12-5-3-4-6-14(12)19-10)8-16(21)20-9-11(23-2)7-15(20)17(18)22/h3-6,11,15,19H,7-9H2,1-2H3,(H2,18,22)/t11-,15-/m0/s1. The van der Waals surface area contributed by atoms with Crippen LogP contribution in [0.3, 0.4) is 0 Å². The monoisotopic (exact) mass is 315 g/mol. The van der Waals surface area contributed by atoms with Crippen molar-refractivity contribution in [3.05, 3.63) is 35.5 Å². The van der Waals surface area contributed by atoms with Crippen molar-refractivity contribution in [3.8, 4) is 0 Å². The van der Waals surface area contributed by atoms with Crippen molar-refractivity contribution in [1.29, 1.82) is 0 Å². The molecule has 2 amide bonds. The molecule has 6 heteroatoms. The van der Waals surface area contributed by atoms with E-state index in [0.29, 0.717) is 13.0 Å². The summed E-state index contributed by atoms with van der Waals surface area (Å²) in [5.41, 5.74) is 8.39. The summed E-state index contributed by atoms with van der Waals surface area (Å²) in [7, 11) is 1.58. The van der Waals surface area contributed by atoms with Crippen molar-refractivity contribution in [1.82, 2.24) is 9.88 Å². The number of aromatic nitrogens is 1. The van der Waals surface area contributed by atoms with Gasteiger partial charge < -0.3 is 20.4 Å². The van der Waals surface area contributed by atoms with Crippen LogP contribution >= 0.6 is 0 Å². The Morgan fingerprint density at radius 2 is 2.13 bits per heavy atom. The number of hydrogen-bond acceptors (Lipinski definition) is 3. The number of nitrogens with two attached hydrogens (primary N) is 1. The zero-order chi connectivity index (χ0) is 16.6. The van der Waals surface area contributed by atoms with Gasteiger partial charge in [0.05, 0.1) is 12.5 Å². The van der Waals surface area contributed by atoms with E-state index in [2.05, 4.69) is 4.98 Å². The quantitative estimate of drug-likeness (QED) is 0.886. The molecule has 1 saturated heterocycles. The molecule has 6 nitrogen and oxygen atoms in total. The molecule has 1 aromatic carbocycles. The van der Waals surface area contributed by atoms with Crippen LogP contribution in [0.5, 0.6) is 0 Å². The fourth-order valence-electron chi connectivity index (χ4n) is 3.33. The number of fused-ring (bicyclic) bond motifs is 1. The third-order valence-corrected chi connectivity index (χ3v) is 4.60. The lowest BCUT2D eigenvalue weighted by Gasteiger charge is -2.22. The number of para-hydroxylation sites is 1. The molecule has 3 N–H and O–H groups in total. The molecule has 3 rings (SSSR count). The van der Waals surface area contributed by atoms with Gasteiger partial charge in [-0.2, -0.15) is 0 Å². The van der Waals surface area contributed by atoms with Gasteiger partial charge in [0.25, 0.3) is 0 Å². The molecule has 0 aliphatic carbocycles. The van der Waals surface area contributed by atoms with Gasteiger partial charge >= 0.3 is 0 Å². The number of ether oxygens (including phenoxy) is 1. The van der Waals surface area contributed by atoms with Crippen LogP contribution in [0.2, 0.25) is 0 Å². The second kappa shape index (κ2) is 6.04. The first kappa shape index (κ1) is 15.6. The Labute approximate surface area is 134 Å². The van der Waals surface area contributed by atoms with E-state index in [9.17, 15) is 9.59 Å². The summed E-state index contributed by atoms with van der Waals surface area (Å²) < 4.78 is 5.29. The van der Waals surface area contributed by atoms with E-state index in [4.69, 9.17) is 10.5 Å². The molecule has 1 fully saturated rings. The Hall–Kier alpha value is -2.34. The van der Waals surface area contributed by atoms with Crippen LogP contribution < -0.4 is 5.73 Å². The first-order chi connectivity index (χ1) is 11.0. The summed E-state index contributed by atoms with van der Waals surface area (Å²) in [4.78, 5) is 29.2. The normalized spacial score (nSPS) is 21.0. The van der Waals surface area contributed by atoms with Crippen molar-refractivity contribution < 1.29 is 14.3 Å². The summed E-state index contributed by atoms with van der Waals surface area (Å²) in [6.45, 7) is 2.36. The van der Waals surface area contributed by atoms with Crippen LogP contribution in [0.25, 0.3) is 10.9 Å². The molecule has 2 atom stereocenters. The number of primary amides is 1. The van der Waals surface area contributed by atoms with E-state index < -0.39 is 11.9 Å². The van der Waals surface area contributed by atoms with Gasteiger partial charge in [0.1, 0.15) is 6.04 Å². The lowest BCUT2D eigenvalue weighted by Crippen LogP contribution is -2.44. The second-order valence-electron chi connectivity index (χ2n) is 6.01. The summed E-state index contributed by atoms with van der Waals surface area (Å²) in [5, 5.41) is 1.04. The van der Waals surface area contributed by atoms with E-state index in [1.165, 1.54) is 0 Å². The van der Waals surface area contributed by atoms with Crippen LogP contribution in [0, 0.1) is 6.92 Å². The highest BCUT2D eigenvalue weighted by atomic mass is 16.5. The van der Waals surface area contributed by atoms with Crippen molar-refractivity contribution >= 4 is 22.7 Å². The Balaban J connectivity index is 1.85. The van der Waals surface area contributed by atoms with E-state index in [1.807, 2.05) is 31.2 Å². The largest absolute Gasteiger partial charge is 0.380 e. The molecule has 122 valence electrons. The fourth-order valence-corrected chi connectivity index (χ4v) is 3.33. The summed E-state index contributed by atoms with van der Waals surface area (Å²) in [6, 6.07) is 7.30. The van der Waals surface area contributed by atoms with E-state index in [0.717, 1.165) is 22.2 Å². The molecule has 1 aliphatic heterocycles. The third-order valence-electron chi connectivity index (χ3n) is 4.60. The summed E-state index contributed by atoms with van der Waals surface area (Å²) >= 11 is 0. The number of hydrogen-bond donors (Lipinski definition) is 2. The maximum Gasteiger partial charge on any atom is 0.240 e. The van der Waals surface area contributed by atoms with Gasteiger partial charge in [-0.1, -0.05) is 18.2 Å². The Kier molecular flexibility index (Phi) is 4.09. The molecular weight excluding hydrogens is 294 g/mol. The average molecular weight is 315 g/mol. The number of likely N-dealkylation sites (tertiary alicyclic amines) is 1. The van der Waals surface area contributed by atoms with Gasteiger partial charge in [0.15, 0.2) is 0 Å². The predicted molar refractivity (Wildman–Crippen MR) is 86.8 cm³/mol. The van der Waals surface area contributed by atoms with Crippen LogP contribution in [-0.2, 0) is 20.7 Å². The van der Waals surface area contributed by atoms with Crippen molar-refractivity contribution in [2.24, 2.45) is 5.73 Å². The Bertz CT molecular complexity index is 753. The predicted octanol–water partition coefficient (Wildman–Crippen LogP) is 1.12. The first-order valence-corrected chi connectivity index (χ1v) is 7.69. The van der Waals surface area contributed by atoms with Crippen LogP contribution in [-0.4, -0.2) is 47.5 Å². The van der Waals surface area contributed by atoms with Gasteiger partial charge in [0.2, 0.25) is 11.8 Å². The second-order valence-corrected chi connectivity index (χ2v) is 6.01. The van der Waals surface area contributed by atoms with E-state index in [-0.39, 0.29) is 18.4 Å². The lowest BCUT2D eigenvalue weighted by atomic mass is 10.1. The summed E-state index contributed by atoms with van der Waals surface area (Å²) in [6.07, 6.45) is 0.570. The third kappa shape index (κ3) is 2.82. The van der Waals surface area contributed by atoms with Crippen molar-refractivity contribution in [2.45, 2.75) is 31.9 Å². The van der Waals surface area contributed by atoms with Crippen LogP contribution in [0.15, 0.2) is 24.3 Å². The van der Waals surface area contributed by atoms with Gasteiger partial charge in [-0.05, 0) is 18.6 Å². The number of H-pyrrole nitrogens is 1. The summed E-state index contributed by atoms with van der Waals surface area (Å²) in [5.74, 6) is -0.574. The highest BCUT2D eigenvalue weighted by Gasteiger charge is 2.38. The number of rotatable bonds is 4. The highest BCUT2D eigenvalue weighted by Crippen LogP contribution is 2.25. The number of amides is 2. The molecule has 1 aliphatic rings. The maximum absolute atomic E-state index is 12.7. The molecule has 0 saturated carbocycles. The zero-order valence-electron chi connectivity index (χ0n) is 13.3. The molecule has 1 aromatic heterocycles. The first-order valence-electron chi connectivity index (χ1n) is 7.69. The number of benzene rings is 1. The smallest absolute Gasteiger partial charge is 0.240 e. The fraction of sp³-hybridized carbons (Fsp3) is 0.412. The van der Waals surface area contributed by atoms with Crippen LogP contribution in [0.4, 0.5) is 0 Å². The maximum atomic E-state index is 12.7. The number of aryl methyl sites for hydroxylation is 1. The Morgan fingerprint density at radius 3 is 2.83 bits per heavy atom. The SMILES string of the molecule is CO[C@H]1C[C@@H](C(N)=O)N(C(=O)Cc2c(C)[nH]c3ccccc23)C1. The van der Waals surface area contributed by atoms with Crippen molar-refractivity contribution in [3.63, 3.8) is 0 Å². The average Bonchev–Trinajstić information content (AvgIpc) is 3.09.